The van der Waals surface area contributed by atoms with E-state index in [2.05, 4.69) is 59.2 Å². The van der Waals surface area contributed by atoms with Gasteiger partial charge in [-0.1, -0.05) is 48.5 Å². The molecule has 0 bridgehead atoms. The number of benzene rings is 2. The first kappa shape index (κ1) is 18.3. The molecule has 2 heterocycles. The van der Waals surface area contributed by atoms with E-state index in [0.29, 0.717) is 0 Å². The van der Waals surface area contributed by atoms with Gasteiger partial charge in [0, 0.05) is 37.3 Å². The second kappa shape index (κ2) is 9.22. The smallest absolute Gasteiger partial charge is 0.133 e. The Bertz CT molecular complexity index is 859. The summed E-state index contributed by atoms with van der Waals surface area (Å²) in [4.78, 5) is 0. The van der Waals surface area contributed by atoms with Gasteiger partial charge >= 0.3 is 0 Å². The Kier molecular flexibility index (Phi) is 6.02. The first-order chi connectivity index (χ1) is 13.9. The van der Waals surface area contributed by atoms with Crippen molar-refractivity contribution in [1.82, 2.24) is 10.6 Å². The van der Waals surface area contributed by atoms with E-state index in [1.165, 1.54) is 11.1 Å². The lowest BCUT2D eigenvalue weighted by molar-refractivity contribution is 0.582. The van der Waals surface area contributed by atoms with Gasteiger partial charge in [0.2, 0.25) is 0 Å². The molecule has 2 aromatic carbocycles. The molecule has 2 N–H and O–H groups in total. The van der Waals surface area contributed by atoms with E-state index >= 15 is 0 Å². The number of hydrogen-bond donors (Lipinski definition) is 2. The zero-order valence-corrected chi connectivity index (χ0v) is 15.7. The van der Waals surface area contributed by atoms with Crippen molar-refractivity contribution in [2.24, 2.45) is 0 Å². The number of rotatable bonds is 9. The molecule has 0 atom stereocenters. The standard InChI is InChI=1S/C24H24N2O2/c1-3-23(27-15-1)21-9-5-19(6-10-21)17-25-13-14-26-18-20-7-11-22(12-8-20)24-4-2-16-28-24/h1-12,15-16,25-26H,13-14,17-18H2. The fourth-order valence-corrected chi connectivity index (χ4v) is 3.10. The van der Waals surface area contributed by atoms with Crippen LogP contribution in [0.2, 0.25) is 0 Å². The summed E-state index contributed by atoms with van der Waals surface area (Å²) in [6.07, 6.45) is 3.40. The van der Waals surface area contributed by atoms with Crippen molar-refractivity contribution >= 4 is 0 Å². The van der Waals surface area contributed by atoms with Crippen LogP contribution in [0.3, 0.4) is 0 Å². The average molecular weight is 372 g/mol. The van der Waals surface area contributed by atoms with Crippen molar-refractivity contribution in [1.29, 1.82) is 0 Å². The molecular formula is C24H24N2O2. The lowest BCUT2D eigenvalue weighted by Crippen LogP contribution is -2.26. The molecule has 0 amide bonds. The molecule has 4 aromatic rings. The summed E-state index contributed by atoms with van der Waals surface area (Å²) in [5, 5.41) is 6.94. The van der Waals surface area contributed by atoms with Crippen LogP contribution in [0.15, 0.2) is 94.2 Å². The molecule has 0 saturated heterocycles. The van der Waals surface area contributed by atoms with E-state index in [0.717, 1.165) is 48.8 Å². The minimum Gasteiger partial charge on any atom is -0.464 e. The summed E-state index contributed by atoms with van der Waals surface area (Å²) in [5.41, 5.74) is 4.75. The molecule has 0 aliphatic carbocycles. The summed E-state index contributed by atoms with van der Waals surface area (Å²) in [5.74, 6) is 1.81. The molecule has 2 aromatic heterocycles. The topological polar surface area (TPSA) is 50.3 Å². The molecule has 0 radical (unpaired) electrons. The third-order valence-corrected chi connectivity index (χ3v) is 4.66. The van der Waals surface area contributed by atoms with Gasteiger partial charge in [0.25, 0.3) is 0 Å². The highest BCUT2D eigenvalue weighted by Crippen LogP contribution is 2.20. The third-order valence-electron chi connectivity index (χ3n) is 4.66. The van der Waals surface area contributed by atoms with Crippen LogP contribution >= 0.6 is 0 Å². The van der Waals surface area contributed by atoms with Gasteiger partial charge in [-0.05, 0) is 35.4 Å². The lowest BCUT2D eigenvalue weighted by atomic mass is 10.1. The highest BCUT2D eigenvalue weighted by atomic mass is 16.3. The maximum Gasteiger partial charge on any atom is 0.133 e. The van der Waals surface area contributed by atoms with E-state index in [9.17, 15) is 0 Å². The molecule has 142 valence electrons. The van der Waals surface area contributed by atoms with Crippen molar-refractivity contribution in [3.05, 3.63) is 96.4 Å². The van der Waals surface area contributed by atoms with E-state index < -0.39 is 0 Å². The van der Waals surface area contributed by atoms with Gasteiger partial charge in [-0.3, -0.25) is 0 Å². The Hall–Kier alpha value is -3.08. The Balaban J connectivity index is 1.14. The first-order valence-corrected chi connectivity index (χ1v) is 9.55. The highest BCUT2D eigenvalue weighted by Gasteiger charge is 2.01. The van der Waals surface area contributed by atoms with Gasteiger partial charge in [-0.2, -0.15) is 0 Å². The molecule has 4 nitrogen and oxygen atoms in total. The predicted molar refractivity (Wildman–Crippen MR) is 112 cm³/mol. The fraction of sp³-hybridized carbons (Fsp3) is 0.167. The van der Waals surface area contributed by atoms with Crippen LogP contribution in [0, 0.1) is 0 Å². The second-order valence-electron chi connectivity index (χ2n) is 6.70. The van der Waals surface area contributed by atoms with Gasteiger partial charge in [0.05, 0.1) is 12.5 Å². The monoisotopic (exact) mass is 372 g/mol. The van der Waals surface area contributed by atoms with Crippen molar-refractivity contribution in [3.63, 3.8) is 0 Å². The van der Waals surface area contributed by atoms with Gasteiger partial charge in [0.15, 0.2) is 0 Å². The maximum absolute atomic E-state index is 5.42. The lowest BCUT2D eigenvalue weighted by Gasteiger charge is -2.08. The van der Waals surface area contributed by atoms with Gasteiger partial charge in [0.1, 0.15) is 11.5 Å². The van der Waals surface area contributed by atoms with Crippen LogP contribution in [-0.2, 0) is 13.1 Å². The number of nitrogens with one attached hydrogen (secondary N) is 2. The van der Waals surface area contributed by atoms with Crippen LogP contribution in [0.4, 0.5) is 0 Å². The molecular weight excluding hydrogens is 348 g/mol. The summed E-state index contributed by atoms with van der Waals surface area (Å²) < 4.78 is 10.8. The van der Waals surface area contributed by atoms with Crippen LogP contribution < -0.4 is 10.6 Å². The molecule has 4 heteroatoms. The Morgan fingerprint density at radius 3 is 1.32 bits per heavy atom. The Morgan fingerprint density at radius 1 is 0.536 bits per heavy atom. The minimum atomic E-state index is 0.859. The van der Waals surface area contributed by atoms with Crippen molar-refractivity contribution in [3.8, 4) is 22.6 Å². The summed E-state index contributed by atoms with van der Waals surface area (Å²) >= 11 is 0. The molecule has 0 unspecified atom stereocenters. The number of furan rings is 2. The van der Waals surface area contributed by atoms with E-state index in [4.69, 9.17) is 8.83 Å². The van der Waals surface area contributed by atoms with Crippen molar-refractivity contribution < 1.29 is 8.83 Å². The fourth-order valence-electron chi connectivity index (χ4n) is 3.10. The minimum absolute atomic E-state index is 0.859. The molecule has 0 fully saturated rings. The molecule has 0 spiro atoms. The summed E-state index contributed by atoms with van der Waals surface area (Å²) in [7, 11) is 0. The number of hydrogen-bond acceptors (Lipinski definition) is 4. The highest BCUT2D eigenvalue weighted by molar-refractivity contribution is 5.58. The van der Waals surface area contributed by atoms with Gasteiger partial charge < -0.3 is 19.5 Å². The first-order valence-electron chi connectivity index (χ1n) is 9.55. The summed E-state index contributed by atoms with van der Waals surface area (Å²) in [6, 6.07) is 24.7. The van der Waals surface area contributed by atoms with E-state index in [-0.39, 0.29) is 0 Å². The average Bonchev–Trinajstić information content (AvgIpc) is 3.46. The third kappa shape index (κ3) is 4.80. The van der Waals surface area contributed by atoms with Crippen LogP contribution in [0.1, 0.15) is 11.1 Å². The van der Waals surface area contributed by atoms with Crippen LogP contribution in [0.5, 0.6) is 0 Å². The molecule has 0 saturated carbocycles. The normalized spacial score (nSPS) is 11.0. The maximum atomic E-state index is 5.42. The van der Waals surface area contributed by atoms with Crippen LogP contribution in [0.25, 0.3) is 22.6 Å². The quantitative estimate of drug-likeness (QED) is 0.402. The molecule has 0 aliphatic rings. The summed E-state index contributed by atoms with van der Waals surface area (Å²) in [6.45, 7) is 3.56. The zero-order valence-electron chi connectivity index (χ0n) is 15.7. The molecule has 0 aliphatic heterocycles. The van der Waals surface area contributed by atoms with Gasteiger partial charge in [-0.25, -0.2) is 0 Å². The van der Waals surface area contributed by atoms with Crippen LogP contribution in [-0.4, -0.2) is 13.1 Å². The van der Waals surface area contributed by atoms with Crippen molar-refractivity contribution in [2.75, 3.05) is 13.1 Å². The zero-order chi connectivity index (χ0) is 19.0. The molecule has 4 rings (SSSR count). The predicted octanol–water partition coefficient (Wildman–Crippen LogP) is 5.09. The Morgan fingerprint density at radius 2 is 0.964 bits per heavy atom. The van der Waals surface area contributed by atoms with E-state index in [1.54, 1.807) is 12.5 Å². The SMILES string of the molecule is c1coc(-c2ccc(CNCCNCc3ccc(-c4ccco4)cc3)cc2)c1. The second-order valence-corrected chi connectivity index (χ2v) is 6.70. The van der Waals surface area contributed by atoms with E-state index in [1.807, 2.05) is 24.3 Å². The van der Waals surface area contributed by atoms with Crippen molar-refractivity contribution in [2.45, 2.75) is 13.1 Å². The van der Waals surface area contributed by atoms with Gasteiger partial charge in [-0.15, -0.1) is 0 Å². The Labute approximate surface area is 165 Å². The largest absolute Gasteiger partial charge is 0.464 e. The molecule has 28 heavy (non-hydrogen) atoms.